The third-order valence-electron chi connectivity index (χ3n) is 3.13. The lowest BCUT2D eigenvalue weighted by molar-refractivity contribution is 0.511. The van der Waals surface area contributed by atoms with Gasteiger partial charge in [0, 0.05) is 5.69 Å². The number of halogens is 2. The first-order valence-electron chi connectivity index (χ1n) is 6.06. The average molecular weight is 312 g/mol. The van der Waals surface area contributed by atoms with Crippen molar-refractivity contribution in [1.29, 1.82) is 0 Å². The predicted octanol–water partition coefficient (Wildman–Crippen LogP) is 2.96. The van der Waals surface area contributed by atoms with Crippen LogP contribution in [0.15, 0.2) is 35.2 Å². The van der Waals surface area contributed by atoms with Gasteiger partial charge in [0.2, 0.25) is 0 Å². The summed E-state index contributed by atoms with van der Waals surface area (Å²) in [7, 11) is -4.06. The van der Waals surface area contributed by atoms with Crippen molar-refractivity contribution in [3.63, 3.8) is 0 Å². The summed E-state index contributed by atoms with van der Waals surface area (Å²) in [4.78, 5) is -0.0661. The van der Waals surface area contributed by atoms with Crippen molar-refractivity contribution < 1.29 is 17.2 Å². The molecule has 2 aromatic carbocycles. The van der Waals surface area contributed by atoms with Crippen LogP contribution in [-0.4, -0.2) is 8.42 Å². The SMILES string of the molecule is Cc1cc(N)cc(S(=O)(=O)Nc2cccc(F)c2F)c1C. The molecule has 0 saturated heterocycles. The van der Waals surface area contributed by atoms with Gasteiger partial charge in [-0.05, 0) is 49.2 Å². The van der Waals surface area contributed by atoms with E-state index in [4.69, 9.17) is 5.73 Å². The summed E-state index contributed by atoms with van der Waals surface area (Å²) in [6, 6.07) is 6.18. The van der Waals surface area contributed by atoms with E-state index in [0.717, 1.165) is 12.1 Å². The Morgan fingerprint density at radius 1 is 1.14 bits per heavy atom. The number of benzene rings is 2. The van der Waals surface area contributed by atoms with Crippen molar-refractivity contribution in [2.45, 2.75) is 18.7 Å². The van der Waals surface area contributed by atoms with Crippen LogP contribution in [0.1, 0.15) is 11.1 Å². The van der Waals surface area contributed by atoms with E-state index < -0.39 is 27.3 Å². The minimum atomic E-state index is -4.06. The summed E-state index contributed by atoms with van der Waals surface area (Å²) < 4.78 is 53.4. The van der Waals surface area contributed by atoms with Crippen LogP contribution in [0.3, 0.4) is 0 Å². The van der Waals surface area contributed by atoms with Crippen molar-refractivity contribution in [2.24, 2.45) is 0 Å². The van der Waals surface area contributed by atoms with Gasteiger partial charge >= 0.3 is 0 Å². The van der Waals surface area contributed by atoms with Gasteiger partial charge in [-0.2, -0.15) is 0 Å². The molecule has 3 N–H and O–H groups in total. The van der Waals surface area contributed by atoms with Gasteiger partial charge in [0.05, 0.1) is 10.6 Å². The maximum absolute atomic E-state index is 13.6. The van der Waals surface area contributed by atoms with Crippen molar-refractivity contribution in [1.82, 2.24) is 0 Å². The van der Waals surface area contributed by atoms with E-state index in [1.54, 1.807) is 19.9 Å². The third kappa shape index (κ3) is 2.97. The molecule has 0 saturated carbocycles. The van der Waals surface area contributed by atoms with Gasteiger partial charge in [-0.1, -0.05) is 6.07 Å². The second-order valence-corrected chi connectivity index (χ2v) is 6.32. The van der Waals surface area contributed by atoms with Crippen LogP contribution >= 0.6 is 0 Å². The molecule has 2 rings (SSSR count). The minimum Gasteiger partial charge on any atom is -0.399 e. The Morgan fingerprint density at radius 2 is 1.81 bits per heavy atom. The highest BCUT2D eigenvalue weighted by Gasteiger charge is 2.21. The molecule has 112 valence electrons. The number of hydrogen-bond donors (Lipinski definition) is 2. The van der Waals surface area contributed by atoms with E-state index in [0.29, 0.717) is 11.1 Å². The largest absolute Gasteiger partial charge is 0.399 e. The van der Waals surface area contributed by atoms with Crippen molar-refractivity contribution in [2.75, 3.05) is 10.5 Å². The molecule has 0 fully saturated rings. The Labute approximate surface area is 121 Å². The van der Waals surface area contributed by atoms with Gasteiger partial charge in [0.25, 0.3) is 10.0 Å². The molecule has 2 aromatic rings. The quantitative estimate of drug-likeness (QED) is 0.856. The van der Waals surface area contributed by atoms with E-state index in [1.165, 1.54) is 12.1 Å². The summed E-state index contributed by atoms with van der Waals surface area (Å²) >= 11 is 0. The molecule has 0 spiro atoms. The predicted molar refractivity (Wildman–Crippen MR) is 77.5 cm³/mol. The van der Waals surface area contributed by atoms with E-state index in [-0.39, 0.29) is 10.6 Å². The lowest BCUT2D eigenvalue weighted by Gasteiger charge is -2.13. The van der Waals surface area contributed by atoms with Crippen LogP contribution in [0, 0.1) is 25.5 Å². The number of nitrogens with two attached hydrogens (primary N) is 1. The minimum absolute atomic E-state index is 0.0661. The number of rotatable bonds is 3. The number of nitrogen functional groups attached to an aromatic ring is 1. The molecular weight excluding hydrogens is 298 g/mol. The second kappa shape index (κ2) is 5.33. The Balaban J connectivity index is 2.51. The van der Waals surface area contributed by atoms with Gasteiger partial charge in [-0.15, -0.1) is 0 Å². The molecule has 21 heavy (non-hydrogen) atoms. The molecular formula is C14H14F2N2O2S. The van der Waals surface area contributed by atoms with Gasteiger partial charge in [0.1, 0.15) is 0 Å². The van der Waals surface area contributed by atoms with Crippen LogP contribution < -0.4 is 10.5 Å². The molecule has 0 amide bonds. The first-order valence-corrected chi connectivity index (χ1v) is 7.54. The van der Waals surface area contributed by atoms with Crippen LogP contribution in [0.5, 0.6) is 0 Å². The number of anilines is 2. The fraction of sp³-hybridized carbons (Fsp3) is 0.143. The van der Waals surface area contributed by atoms with Crippen molar-refractivity contribution >= 4 is 21.4 Å². The zero-order valence-electron chi connectivity index (χ0n) is 11.4. The van der Waals surface area contributed by atoms with E-state index in [9.17, 15) is 17.2 Å². The summed E-state index contributed by atoms with van der Waals surface area (Å²) in [5.41, 5.74) is 6.66. The number of sulfonamides is 1. The molecule has 0 unspecified atom stereocenters. The first kappa shape index (κ1) is 15.2. The highest BCUT2D eigenvalue weighted by atomic mass is 32.2. The summed E-state index contributed by atoms with van der Waals surface area (Å²) in [5, 5.41) is 0. The summed E-state index contributed by atoms with van der Waals surface area (Å²) in [5.74, 6) is -2.38. The smallest absolute Gasteiger partial charge is 0.262 e. The normalized spacial score (nSPS) is 11.4. The highest BCUT2D eigenvalue weighted by molar-refractivity contribution is 7.92. The molecule has 4 nitrogen and oxygen atoms in total. The monoisotopic (exact) mass is 312 g/mol. The molecule has 7 heteroatoms. The second-order valence-electron chi connectivity index (χ2n) is 4.67. The Morgan fingerprint density at radius 3 is 2.48 bits per heavy atom. The van der Waals surface area contributed by atoms with E-state index >= 15 is 0 Å². The Hall–Kier alpha value is -2.15. The zero-order chi connectivity index (χ0) is 15.8. The fourth-order valence-electron chi connectivity index (χ4n) is 1.92. The molecule has 0 bridgehead atoms. The molecule has 0 heterocycles. The fourth-order valence-corrected chi connectivity index (χ4v) is 3.33. The number of hydrogen-bond acceptors (Lipinski definition) is 3. The zero-order valence-corrected chi connectivity index (χ0v) is 12.3. The number of nitrogens with one attached hydrogen (secondary N) is 1. The van der Waals surface area contributed by atoms with E-state index in [2.05, 4.69) is 0 Å². The van der Waals surface area contributed by atoms with Crippen LogP contribution in [0.4, 0.5) is 20.2 Å². The molecule has 0 radical (unpaired) electrons. The first-order chi connectivity index (χ1) is 9.72. The van der Waals surface area contributed by atoms with Crippen LogP contribution in [-0.2, 0) is 10.0 Å². The third-order valence-corrected chi connectivity index (χ3v) is 4.62. The summed E-state index contributed by atoms with van der Waals surface area (Å²) in [6.45, 7) is 3.33. The maximum atomic E-state index is 13.6. The maximum Gasteiger partial charge on any atom is 0.262 e. The molecule has 0 aliphatic carbocycles. The van der Waals surface area contributed by atoms with Crippen molar-refractivity contribution in [3.05, 3.63) is 53.1 Å². The average Bonchev–Trinajstić information content (AvgIpc) is 2.39. The highest BCUT2D eigenvalue weighted by Crippen LogP contribution is 2.26. The lowest BCUT2D eigenvalue weighted by atomic mass is 10.1. The molecule has 0 aliphatic rings. The Kier molecular flexibility index (Phi) is 3.87. The van der Waals surface area contributed by atoms with Gasteiger partial charge < -0.3 is 5.73 Å². The van der Waals surface area contributed by atoms with Gasteiger partial charge in [-0.3, -0.25) is 4.72 Å². The lowest BCUT2D eigenvalue weighted by Crippen LogP contribution is -2.16. The molecule has 0 atom stereocenters. The number of aryl methyl sites for hydroxylation is 1. The molecule has 0 aromatic heterocycles. The van der Waals surface area contributed by atoms with Crippen molar-refractivity contribution in [3.8, 4) is 0 Å². The standard InChI is InChI=1S/C14H14F2N2O2S/c1-8-6-10(17)7-13(9(8)2)21(19,20)18-12-5-3-4-11(15)14(12)16/h3-7,18H,17H2,1-2H3. The Bertz CT molecular complexity index is 805. The topological polar surface area (TPSA) is 72.2 Å². The van der Waals surface area contributed by atoms with E-state index in [1.807, 2.05) is 4.72 Å². The van der Waals surface area contributed by atoms with Gasteiger partial charge in [0.15, 0.2) is 11.6 Å². The molecule has 0 aliphatic heterocycles. The van der Waals surface area contributed by atoms with Gasteiger partial charge in [-0.25, -0.2) is 17.2 Å². The van der Waals surface area contributed by atoms with Crippen LogP contribution in [0.25, 0.3) is 0 Å². The van der Waals surface area contributed by atoms with Crippen LogP contribution in [0.2, 0.25) is 0 Å². The summed E-state index contributed by atoms with van der Waals surface area (Å²) in [6.07, 6.45) is 0.